The molecule has 0 unspecified atom stereocenters. The third-order valence-electron chi connectivity index (χ3n) is 0. The Kier molecular flexibility index (Phi) is 243. The van der Waals surface area contributed by atoms with Crippen molar-refractivity contribution in [2.24, 2.45) is 0 Å². The molecule has 0 aliphatic heterocycles. The molecule has 2 heteroatoms. The van der Waals surface area contributed by atoms with Gasteiger partial charge in [0.1, 0.15) is 0 Å². The summed E-state index contributed by atoms with van der Waals surface area (Å²) in [5.41, 5.74) is 0. The number of rotatable bonds is 0. The van der Waals surface area contributed by atoms with E-state index < -0.39 is 6.08 Å². The number of hydrogen-bond acceptors (Lipinski definition) is 0. The first-order valence-electron chi connectivity index (χ1n) is 6.65. The van der Waals surface area contributed by atoms with Gasteiger partial charge < -0.3 is 0 Å². The Morgan fingerprint density at radius 3 is 0.500 bits per heavy atom. The molecule has 0 amide bonds. The molecule has 0 spiro atoms. The Hall–Kier alpha value is -1.96. The molecule has 0 atom stereocenters. The summed E-state index contributed by atoms with van der Waals surface area (Å²) >= 11 is 0. The lowest BCUT2D eigenvalue weighted by Gasteiger charge is -1.54. The van der Waals surface area contributed by atoms with Crippen LogP contribution in [0, 0.1) is 0 Å². The van der Waals surface area contributed by atoms with Crippen molar-refractivity contribution in [1.29, 1.82) is 0 Å². The van der Waals surface area contributed by atoms with Gasteiger partial charge in [0, 0.05) is 0 Å². The molecular weight excluding hydrogens is 278 g/mol. The first-order chi connectivity index (χ1) is 10.2. The SMILES string of the molecule is C=C(F)F.C=CC.C=CC.C=CC.C=CC.C=CC.C=CC. The molecule has 0 aromatic heterocycles. The predicted molar refractivity (Wildman–Crippen MR) is 107 cm³/mol. The standard InChI is InChI=1S/6C3H6.C2H2F2/c6*1-3-2;1-2(3)4/h6*3H,1H2,2H3;1H2. The molecule has 0 bridgehead atoms. The molecular formula is C20H38F2. The molecule has 0 heterocycles. The molecule has 0 saturated heterocycles. The summed E-state index contributed by atoms with van der Waals surface area (Å²) in [7, 11) is 0. The van der Waals surface area contributed by atoms with Crippen molar-refractivity contribution in [3.05, 3.63) is 88.6 Å². The molecule has 0 fully saturated rings. The minimum absolute atomic E-state index is 1.75. The van der Waals surface area contributed by atoms with Crippen LogP contribution >= 0.6 is 0 Å². The minimum atomic E-state index is -1.83. The lowest BCUT2D eigenvalue weighted by atomic mass is 10.8. The van der Waals surface area contributed by atoms with Crippen LogP contribution in [-0.4, -0.2) is 0 Å². The summed E-state index contributed by atoms with van der Waals surface area (Å²) in [4.78, 5) is 0. The average molecular weight is 317 g/mol. The molecule has 0 aliphatic rings. The monoisotopic (exact) mass is 316 g/mol. The van der Waals surface area contributed by atoms with Gasteiger partial charge in [-0.25, -0.2) is 0 Å². The van der Waals surface area contributed by atoms with Gasteiger partial charge in [0.25, 0.3) is 6.08 Å². The number of hydrogen-bond donors (Lipinski definition) is 0. The number of halogens is 2. The summed E-state index contributed by atoms with van der Waals surface area (Å²) < 4.78 is 20.3. The zero-order valence-electron chi connectivity index (χ0n) is 15.7. The van der Waals surface area contributed by atoms with Crippen LogP contribution in [0.2, 0.25) is 0 Å². The van der Waals surface area contributed by atoms with Gasteiger partial charge in [-0.1, -0.05) is 36.5 Å². The quantitative estimate of drug-likeness (QED) is 0.393. The van der Waals surface area contributed by atoms with Crippen molar-refractivity contribution in [3.8, 4) is 0 Å². The van der Waals surface area contributed by atoms with Crippen molar-refractivity contribution in [2.45, 2.75) is 41.5 Å². The lowest BCUT2D eigenvalue weighted by molar-refractivity contribution is 0.426. The van der Waals surface area contributed by atoms with Gasteiger partial charge in [-0.3, -0.25) is 0 Å². The van der Waals surface area contributed by atoms with Crippen molar-refractivity contribution in [1.82, 2.24) is 0 Å². The molecule has 0 nitrogen and oxygen atoms in total. The summed E-state index contributed by atoms with van der Waals surface area (Å²) in [6.07, 6.45) is 8.67. The average Bonchev–Trinajstić information content (AvgIpc) is 2.33. The Balaban J connectivity index is -0.0000000239. The highest BCUT2D eigenvalue weighted by atomic mass is 19.3. The first-order valence-corrected chi connectivity index (χ1v) is 6.65. The van der Waals surface area contributed by atoms with E-state index in [1.807, 2.05) is 41.5 Å². The van der Waals surface area contributed by atoms with Crippen molar-refractivity contribution in [2.75, 3.05) is 0 Å². The van der Waals surface area contributed by atoms with Crippen LogP contribution < -0.4 is 0 Å². The van der Waals surface area contributed by atoms with Crippen LogP contribution in [-0.2, 0) is 0 Å². The molecule has 0 aromatic rings. The highest BCUT2D eigenvalue weighted by molar-refractivity contribution is 4.57. The molecule has 22 heavy (non-hydrogen) atoms. The van der Waals surface area contributed by atoms with E-state index in [2.05, 4.69) is 46.1 Å². The van der Waals surface area contributed by atoms with Gasteiger partial charge >= 0.3 is 0 Å². The zero-order chi connectivity index (χ0) is 19.8. The Morgan fingerprint density at radius 2 is 0.500 bits per heavy atom. The fourth-order valence-corrected chi connectivity index (χ4v) is 0. The molecule has 0 radical (unpaired) electrons. The van der Waals surface area contributed by atoms with E-state index in [-0.39, 0.29) is 0 Å². The van der Waals surface area contributed by atoms with Crippen LogP contribution in [0.1, 0.15) is 41.5 Å². The number of allylic oxidation sites excluding steroid dienone is 6. The molecule has 0 aliphatic carbocycles. The highest BCUT2D eigenvalue weighted by Crippen LogP contribution is 1.85. The van der Waals surface area contributed by atoms with Crippen molar-refractivity contribution < 1.29 is 8.78 Å². The predicted octanol–water partition coefficient (Wildman–Crippen LogP) is 8.55. The van der Waals surface area contributed by atoms with Crippen LogP contribution in [0.3, 0.4) is 0 Å². The second-order valence-corrected chi connectivity index (χ2v) is 2.79. The fourth-order valence-electron chi connectivity index (χ4n) is 0. The molecule has 0 aromatic carbocycles. The highest BCUT2D eigenvalue weighted by Gasteiger charge is 1.65. The molecule has 0 saturated carbocycles. The van der Waals surface area contributed by atoms with Gasteiger partial charge in [-0.15, -0.1) is 39.5 Å². The lowest BCUT2D eigenvalue weighted by Crippen LogP contribution is -1.33. The Morgan fingerprint density at radius 1 is 0.500 bits per heavy atom. The summed E-state index contributed by atoms with van der Waals surface area (Å²) in [6, 6.07) is 0. The van der Waals surface area contributed by atoms with E-state index >= 15 is 0 Å². The molecule has 132 valence electrons. The van der Waals surface area contributed by atoms with E-state index in [1.54, 1.807) is 36.5 Å². The summed E-state index contributed by atoms with van der Waals surface area (Å²) in [5.74, 6) is 0. The van der Waals surface area contributed by atoms with Crippen LogP contribution in [0.4, 0.5) is 8.78 Å². The zero-order valence-corrected chi connectivity index (χ0v) is 15.7. The first kappa shape index (κ1) is 42.7. The molecule has 0 rings (SSSR count). The third kappa shape index (κ3) is 1360. The second-order valence-electron chi connectivity index (χ2n) is 2.79. The van der Waals surface area contributed by atoms with Gasteiger partial charge in [-0.05, 0) is 48.1 Å². The van der Waals surface area contributed by atoms with E-state index in [1.165, 1.54) is 0 Å². The minimum Gasteiger partial charge on any atom is -0.174 e. The van der Waals surface area contributed by atoms with Gasteiger partial charge in [0.2, 0.25) is 0 Å². The van der Waals surface area contributed by atoms with Crippen LogP contribution in [0.25, 0.3) is 0 Å². The fraction of sp³-hybridized carbons (Fsp3) is 0.300. The maximum atomic E-state index is 10.1. The van der Waals surface area contributed by atoms with Crippen LogP contribution in [0.15, 0.2) is 88.6 Å². The summed E-state index contributed by atoms with van der Waals surface area (Å²) in [5, 5.41) is 0. The van der Waals surface area contributed by atoms with Gasteiger partial charge in [0.05, 0.1) is 0 Å². The second kappa shape index (κ2) is 125. The summed E-state index contributed by atoms with van der Waals surface area (Å²) in [6.45, 7) is 33.7. The largest absolute Gasteiger partial charge is 0.263 e. The normalized spacial score (nSPS) is 4.73. The third-order valence-corrected chi connectivity index (χ3v) is 0. The van der Waals surface area contributed by atoms with E-state index in [0.29, 0.717) is 0 Å². The maximum absolute atomic E-state index is 10.1. The van der Waals surface area contributed by atoms with E-state index in [4.69, 9.17) is 0 Å². The maximum Gasteiger partial charge on any atom is 0.263 e. The van der Waals surface area contributed by atoms with E-state index in [0.717, 1.165) is 0 Å². The van der Waals surface area contributed by atoms with Crippen LogP contribution in [0.5, 0.6) is 0 Å². The van der Waals surface area contributed by atoms with Crippen molar-refractivity contribution >= 4 is 0 Å². The smallest absolute Gasteiger partial charge is 0.174 e. The topological polar surface area (TPSA) is 0 Å². The molecule has 0 N–H and O–H groups in total. The van der Waals surface area contributed by atoms with Gasteiger partial charge in [0.15, 0.2) is 0 Å². The van der Waals surface area contributed by atoms with E-state index in [9.17, 15) is 8.78 Å². The Labute approximate surface area is 139 Å². The Bertz CT molecular complexity index is 163. The van der Waals surface area contributed by atoms with Crippen molar-refractivity contribution in [3.63, 3.8) is 0 Å². The van der Waals surface area contributed by atoms with Gasteiger partial charge in [-0.2, -0.15) is 8.78 Å².